The van der Waals surface area contributed by atoms with Gasteiger partial charge in [-0.3, -0.25) is 14.5 Å². The van der Waals surface area contributed by atoms with Crippen molar-refractivity contribution in [2.24, 2.45) is 0 Å². The number of benzene rings is 2. The molecule has 1 saturated heterocycles. The van der Waals surface area contributed by atoms with E-state index in [1.54, 1.807) is 30.1 Å². The van der Waals surface area contributed by atoms with Crippen molar-refractivity contribution in [3.8, 4) is 23.0 Å². The number of hydrogen-bond acceptors (Lipinski definition) is 9. The van der Waals surface area contributed by atoms with E-state index in [-0.39, 0.29) is 42.7 Å². The van der Waals surface area contributed by atoms with Gasteiger partial charge in [-0.25, -0.2) is 4.98 Å². The molecule has 1 aliphatic heterocycles. The number of carbonyl (C=O) groups is 2. The van der Waals surface area contributed by atoms with Gasteiger partial charge in [-0.2, -0.15) is 36.5 Å². The monoisotopic (exact) mass is 663 g/mol. The summed E-state index contributed by atoms with van der Waals surface area (Å²) in [7, 11) is 2.56. The maximum absolute atomic E-state index is 15.0. The van der Waals surface area contributed by atoms with Crippen molar-refractivity contribution in [2.45, 2.75) is 18.4 Å². The smallest absolute Gasteiger partial charge is 0.457 e. The number of aromatic nitrogens is 3. The number of para-hydroxylation sites is 1. The van der Waals surface area contributed by atoms with Crippen LogP contribution in [0.25, 0.3) is 11.5 Å². The van der Waals surface area contributed by atoms with Crippen LogP contribution >= 0.6 is 0 Å². The second kappa shape index (κ2) is 13.3. The van der Waals surface area contributed by atoms with Crippen molar-refractivity contribution in [2.75, 3.05) is 50.5 Å². The zero-order valence-electron chi connectivity index (χ0n) is 24.8. The van der Waals surface area contributed by atoms with Crippen LogP contribution in [0, 0.1) is 0 Å². The molecule has 3 heterocycles. The van der Waals surface area contributed by atoms with Crippen LogP contribution < -0.4 is 15.0 Å². The third-order valence-electron chi connectivity index (χ3n) is 7.38. The van der Waals surface area contributed by atoms with Crippen molar-refractivity contribution >= 4 is 23.2 Å². The van der Waals surface area contributed by atoms with Crippen LogP contribution in [0.3, 0.4) is 0 Å². The largest absolute Gasteiger partial charge is 0.471 e. The maximum Gasteiger partial charge on any atom is 0.471 e. The summed E-state index contributed by atoms with van der Waals surface area (Å²) >= 11 is 0. The highest BCUT2D eigenvalue weighted by atomic mass is 19.4. The number of carbonyl (C=O) groups excluding carboxylic acids is 2. The number of alkyl halides is 6. The molecule has 1 aliphatic rings. The highest BCUT2D eigenvalue weighted by Crippen LogP contribution is 2.48. The fourth-order valence-electron chi connectivity index (χ4n) is 5.05. The molecular weight excluding hydrogens is 636 g/mol. The van der Waals surface area contributed by atoms with Gasteiger partial charge in [-0.1, -0.05) is 18.2 Å². The molecule has 0 radical (unpaired) electrons. The summed E-state index contributed by atoms with van der Waals surface area (Å²) in [4.78, 5) is 32.7. The number of nitrogens with one attached hydrogen (secondary N) is 1. The van der Waals surface area contributed by atoms with E-state index in [4.69, 9.17) is 9.15 Å². The van der Waals surface area contributed by atoms with E-state index in [0.29, 0.717) is 10.5 Å². The van der Waals surface area contributed by atoms with Gasteiger partial charge in [0.05, 0.1) is 29.3 Å². The molecule has 1 N–H and O–H groups in total. The number of anilines is 2. The quantitative estimate of drug-likeness (QED) is 0.250. The molecule has 17 heteroatoms. The zero-order chi connectivity index (χ0) is 33.9. The summed E-state index contributed by atoms with van der Waals surface area (Å²) < 4.78 is 95.2. The zero-order valence-corrected chi connectivity index (χ0v) is 24.8. The number of piperazine rings is 1. The van der Waals surface area contributed by atoms with Gasteiger partial charge >= 0.3 is 18.3 Å². The van der Waals surface area contributed by atoms with E-state index < -0.39 is 53.8 Å². The van der Waals surface area contributed by atoms with Crippen molar-refractivity contribution in [3.05, 3.63) is 78.4 Å². The Hall–Kier alpha value is -5.19. The van der Waals surface area contributed by atoms with Gasteiger partial charge in [0, 0.05) is 39.3 Å². The number of hydrogen-bond donors (Lipinski definition) is 1. The molecule has 5 rings (SSSR count). The minimum atomic E-state index is -5.12. The molecule has 11 nitrogen and oxygen atoms in total. The topological polar surface area (TPSA) is 117 Å². The van der Waals surface area contributed by atoms with E-state index in [9.17, 15) is 35.9 Å². The second-order valence-electron chi connectivity index (χ2n) is 10.6. The maximum atomic E-state index is 15.0. The van der Waals surface area contributed by atoms with Crippen LogP contribution in [-0.2, 0) is 11.0 Å². The SMILES string of the molecule is CN(C[C@H]1CN(c2c(NC(=O)c3coc(-c4ccnnc4)n3)ccc(Oc3ccccc3)c2C(F)(F)F)CCN1C)C(=O)C(F)(F)F. The van der Waals surface area contributed by atoms with Gasteiger partial charge in [0.2, 0.25) is 5.89 Å². The Morgan fingerprint density at radius 1 is 1.04 bits per heavy atom. The van der Waals surface area contributed by atoms with Crippen molar-refractivity contribution in [1.29, 1.82) is 0 Å². The lowest BCUT2D eigenvalue weighted by Crippen LogP contribution is -2.57. The van der Waals surface area contributed by atoms with Crippen LogP contribution in [0.2, 0.25) is 0 Å². The third kappa shape index (κ3) is 7.62. The van der Waals surface area contributed by atoms with Gasteiger partial charge in [0.15, 0.2) is 5.69 Å². The number of amides is 2. The highest BCUT2D eigenvalue weighted by molar-refractivity contribution is 6.05. The van der Waals surface area contributed by atoms with Crippen LogP contribution in [0.1, 0.15) is 16.1 Å². The Morgan fingerprint density at radius 2 is 1.79 bits per heavy atom. The molecule has 1 atom stereocenters. The standard InChI is InChI=1S/C30H27F6N7O4/c1-41-12-13-43(16-19(41)15-42(2)28(45)30(34,35)36)25-21(39-26(44)22-17-46-27(40-22)18-10-11-37-38-14-18)8-9-23(24(25)29(31,32)33)47-20-6-4-3-5-7-20/h3-11,14,17,19H,12-13,15-16H2,1-2H3,(H,39,44)/t19-/m0/s1. The van der Waals surface area contributed by atoms with Gasteiger partial charge in [0.25, 0.3) is 5.91 Å². The molecule has 248 valence electrons. The first-order chi connectivity index (χ1) is 22.2. The lowest BCUT2D eigenvalue weighted by atomic mass is 10.0. The van der Waals surface area contributed by atoms with Gasteiger partial charge in [-0.05, 0) is 37.4 Å². The number of likely N-dealkylation sites (N-methyl/N-ethyl adjacent to an activating group) is 2. The van der Waals surface area contributed by atoms with E-state index in [1.165, 1.54) is 41.6 Å². The Morgan fingerprint density at radius 3 is 2.45 bits per heavy atom. The minimum Gasteiger partial charge on any atom is -0.457 e. The Balaban J connectivity index is 1.54. The van der Waals surface area contributed by atoms with Crippen molar-refractivity contribution < 1.29 is 45.1 Å². The highest BCUT2D eigenvalue weighted by Gasteiger charge is 2.44. The van der Waals surface area contributed by atoms with E-state index in [0.717, 1.165) is 19.4 Å². The van der Waals surface area contributed by atoms with Crippen LogP contribution in [0.15, 0.2) is 71.6 Å². The lowest BCUT2D eigenvalue weighted by molar-refractivity contribution is -0.184. The molecule has 0 saturated carbocycles. The number of rotatable bonds is 8. The van der Waals surface area contributed by atoms with Gasteiger partial charge < -0.3 is 24.3 Å². The van der Waals surface area contributed by atoms with Crippen molar-refractivity contribution in [1.82, 2.24) is 25.0 Å². The fourth-order valence-corrected chi connectivity index (χ4v) is 5.05. The number of ether oxygens (including phenoxy) is 1. The predicted octanol–water partition coefficient (Wildman–Crippen LogP) is 5.34. The van der Waals surface area contributed by atoms with Gasteiger partial charge in [-0.15, -0.1) is 0 Å². The first kappa shape index (κ1) is 33.2. The molecule has 0 spiro atoms. The summed E-state index contributed by atoms with van der Waals surface area (Å²) in [5, 5.41) is 9.85. The Labute approximate surface area is 263 Å². The lowest BCUT2D eigenvalue weighted by Gasteiger charge is -2.43. The molecule has 47 heavy (non-hydrogen) atoms. The average molecular weight is 664 g/mol. The average Bonchev–Trinajstić information content (AvgIpc) is 3.53. The molecule has 4 aromatic rings. The molecule has 1 fully saturated rings. The first-order valence-corrected chi connectivity index (χ1v) is 14.0. The summed E-state index contributed by atoms with van der Waals surface area (Å²) in [5.41, 5.74) is -1.79. The third-order valence-corrected chi connectivity index (χ3v) is 7.38. The molecule has 2 aromatic carbocycles. The summed E-state index contributed by atoms with van der Waals surface area (Å²) in [6.45, 7) is -0.538. The Kier molecular flexibility index (Phi) is 9.37. The molecule has 2 aromatic heterocycles. The van der Waals surface area contributed by atoms with Crippen LogP contribution in [0.5, 0.6) is 11.5 Å². The summed E-state index contributed by atoms with van der Waals surface area (Å²) in [5.74, 6) is -3.41. The van der Waals surface area contributed by atoms with Crippen LogP contribution in [0.4, 0.5) is 37.7 Å². The van der Waals surface area contributed by atoms with Crippen LogP contribution in [-0.4, -0.2) is 89.3 Å². The number of oxazole rings is 1. The minimum absolute atomic E-state index is 0.00613. The fraction of sp³-hybridized carbons (Fsp3) is 0.300. The molecular formula is C30H27F6N7O4. The van der Waals surface area contributed by atoms with Gasteiger partial charge in [0.1, 0.15) is 23.3 Å². The molecule has 0 unspecified atom stereocenters. The second-order valence-corrected chi connectivity index (χ2v) is 10.6. The normalized spacial score (nSPS) is 15.7. The first-order valence-electron chi connectivity index (χ1n) is 14.0. The summed E-state index contributed by atoms with van der Waals surface area (Å²) in [6, 6.07) is 10.8. The molecule has 2 amide bonds. The van der Waals surface area contributed by atoms with E-state index >= 15 is 0 Å². The summed E-state index contributed by atoms with van der Waals surface area (Å²) in [6.07, 6.45) is -6.39. The van der Waals surface area contributed by atoms with E-state index in [2.05, 4.69) is 20.5 Å². The van der Waals surface area contributed by atoms with E-state index in [1.807, 2.05) is 0 Å². The molecule has 0 aliphatic carbocycles. The number of halogens is 6. The number of nitrogens with zero attached hydrogens (tertiary/aromatic N) is 6. The Bertz CT molecular complexity index is 1720. The predicted molar refractivity (Wildman–Crippen MR) is 156 cm³/mol. The molecule has 0 bridgehead atoms. The van der Waals surface area contributed by atoms with Crippen molar-refractivity contribution in [3.63, 3.8) is 0 Å².